The molecule has 0 fully saturated rings. The lowest BCUT2D eigenvalue weighted by Gasteiger charge is -2.04. The molecule has 1 unspecified atom stereocenters. The van der Waals surface area contributed by atoms with Crippen molar-refractivity contribution in [2.24, 2.45) is 0 Å². The number of hydrogen-bond acceptors (Lipinski definition) is 4. The van der Waals surface area contributed by atoms with Crippen LogP contribution in [0.15, 0.2) is 18.3 Å². The fourth-order valence-corrected chi connectivity index (χ4v) is 1.72. The normalized spacial score (nSPS) is 12.1. The molecule has 0 bridgehead atoms. The van der Waals surface area contributed by atoms with Crippen molar-refractivity contribution in [2.75, 3.05) is 24.3 Å². The number of pyridine rings is 1. The van der Waals surface area contributed by atoms with Gasteiger partial charge in [-0.1, -0.05) is 0 Å². The lowest BCUT2D eigenvalue weighted by Crippen LogP contribution is -2.25. The number of rotatable bonds is 5. The molecule has 1 aromatic heterocycles. The Bertz CT molecular complexity index is 395. The SMILES string of the molecule is CS(=O)CCCNC(=O)c1ccnc(N)c1. The van der Waals surface area contributed by atoms with E-state index in [4.69, 9.17) is 5.73 Å². The Morgan fingerprint density at radius 3 is 3.00 bits per heavy atom. The van der Waals surface area contributed by atoms with E-state index in [0.29, 0.717) is 30.1 Å². The van der Waals surface area contributed by atoms with E-state index in [1.54, 1.807) is 12.3 Å². The minimum Gasteiger partial charge on any atom is -0.384 e. The van der Waals surface area contributed by atoms with E-state index in [9.17, 15) is 9.00 Å². The number of hydrogen-bond donors (Lipinski definition) is 2. The third kappa shape index (κ3) is 4.39. The van der Waals surface area contributed by atoms with Crippen LogP contribution in [-0.2, 0) is 10.8 Å². The maximum atomic E-state index is 11.6. The lowest BCUT2D eigenvalue weighted by atomic mass is 10.2. The molecule has 6 heteroatoms. The number of aromatic nitrogens is 1. The molecule has 0 aromatic carbocycles. The number of carbonyl (C=O) groups excluding carboxylic acids is 1. The van der Waals surface area contributed by atoms with Gasteiger partial charge < -0.3 is 11.1 Å². The fourth-order valence-electron chi connectivity index (χ4n) is 1.17. The molecule has 0 saturated carbocycles. The topological polar surface area (TPSA) is 85.1 Å². The molecule has 0 spiro atoms. The molecule has 0 aliphatic heterocycles. The van der Waals surface area contributed by atoms with E-state index in [1.807, 2.05) is 0 Å². The first-order valence-corrected chi connectivity index (χ1v) is 6.62. The summed E-state index contributed by atoms with van der Waals surface area (Å²) in [6.45, 7) is 0.515. The van der Waals surface area contributed by atoms with Gasteiger partial charge in [-0.05, 0) is 18.6 Å². The number of nitrogens with two attached hydrogens (primary N) is 1. The summed E-state index contributed by atoms with van der Waals surface area (Å²) in [5.74, 6) is 0.733. The molecule has 1 aromatic rings. The van der Waals surface area contributed by atoms with Crippen molar-refractivity contribution in [2.45, 2.75) is 6.42 Å². The molecule has 0 aliphatic carbocycles. The monoisotopic (exact) mass is 241 g/mol. The van der Waals surface area contributed by atoms with Crippen LogP contribution in [0.4, 0.5) is 5.82 Å². The number of carbonyl (C=O) groups is 1. The van der Waals surface area contributed by atoms with Crippen molar-refractivity contribution in [3.63, 3.8) is 0 Å². The predicted octanol–water partition coefficient (Wildman–Crippen LogP) is 0.162. The standard InChI is InChI=1S/C10H15N3O2S/c1-16(15)6-2-4-13-10(14)8-3-5-12-9(11)7-8/h3,5,7H,2,4,6H2,1H3,(H2,11,12)(H,13,14). The highest BCUT2D eigenvalue weighted by molar-refractivity contribution is 7.84. The summed E-state index contributed by atoms with van der Waals surface area (Å²) in [7, 11) is -0.810. The van der Waals surface area contributed by atoms with E-state index < -0.39 is 10.8 Å². The van der Waals surface area contributed by atoms with Crippen LogP contribution >= 0.6 is 0 Å². The number of nitrogen functional groups attached to an aromatic ring is 1. The maximum absolute atomic E-state index is 11.6. The summed E-state index contributed by atoms with van der Waals surface area (Å²) >= 11 is 0. The van der Waals surface area contributed by atoms with E-state index in [2.05, 4.69) is 10.3 Å². The van der Waals surface area contributed by atoms with Crippen molar-refractivity contribution >= 4 is 22.5 Å². The Kier molecular flexibility index (Phi) is 4.91. The highest BCUT2D eigenvalue weighted by Gasteiger charge is 2.04. The molecule has 0 radical (unpaired) electrons. The Morgan fingerprint density at radius 1 is 1.62 bits per heavy atom. The predicted molar refractivity (Wildman–Crippen MR) is 64.5 cm³/mol. The van der Waals surface area contributed by atoms with Crippen molar-refractivity contribution in [1.29, 1.82) is 0 Å². The number of amides is 1. The summed E-state index contributed by atoms with van der Waals surface area (Å²) in [5.41, 5.74) is 5.95. The van der Waals surface area contributed by atoms with Gasteiger partial charge in [-0.3, -0.25) is 9.00 Å². The van der Waals surface area contributed by atoms with Crippen LogP contribution in [0.3, 0.4) is 0 Å². The molecular formula is C10H15N3O2S. The fraction of sp³-hybridized carbons (Fsp3) is 0.400. The Labute approximate surface area is 96.9 Å². The Balaban J connectivity index is 2.38. The Morgan fingerprint density at radius 2 is 2.38 bits per heavy atom. The van der Waals surface area contributed by atoms with Gasteiger partial charge in [0.25, 0.3) is 5.91 Å². The zero-order valence-electron chi connectivity index (χ0n) is 9.10. The van der Waals surface area contributed by atoms with Gasteiger partial charge in [-0.2, -0.15) is 0 Å². The summed E-state index contributed by atoms with van der Waals surface area (Å²) in [6.07, 6.45) is 3.84. The molecule has 5 nitrogen and oxygen atoms in total. The number of nitrogens with zero attached hydrogens (tertiary/aromatic N) is 1. The number of nitrogens with one attached hydrogen (secondary N) is 1. The van der Waals surface area contributed by atoms with Crippen molar-refractivity contribution in [3.05, 3.63) is 23.9 Å². The number of anilines is 1. The second-order valence-corrected chi connectivity index (χ2v) is 4.91. The third-order valence-corrected chi connectivity index (χ3v) is 2.80. The highest BCUT2D eigenvalue weighted by atomic mass is 32.2. The van der Waals surface area contributed by atoms with Crippen LogP contribution in [0, 0.1) is 0 Å². The molecule has 88 valence electrons. The summed E-state index contributed by atoms with van der Waals surface area (Å²) < 4.78 is 10.8. The molecule has 3 N–H and O–H groups in total. The van der Waals surface area contributed by atoms with Crippen molar-refractivity contribution in [3.8, 4) is 0 Å². The van der Waals surface area contributed by atoms with Gasteiger partial charge in [0.2, 0.25) is 0 Å². The molecule has 1 heterocycles. The van der Waals surface area contributed by atoms with Crippen molar-refractivity contribution in [1.82, 2.24) is 10.3 Å². The van der Waals surface area contributed by atoms with Crippen LogP contribution in [0.2, 0.25) is 0 Å². The first-order chi connectivity index (χ1) is 7.59. The van der Waals surface area contributed by atoms with E-state index in [0.717, 1.165) is 0 Å². The zero-order chi connectivity index (χ0) is 12.0. The minimum absolute atomic E-state index is 0.184. The highest BCUT2D eigenvalue weighted by Crippen LogP contribution is 2.02. The molecule has 0 aliphatic rings. The second kappa shape index (κ2) is 6.22. The molecule has 16 heavy (non-hydrogen) atoms. The average molecular weight is 241 g/mol. The van der Waals surface area contributed by atoms with Gasteiger partial charge in [0.1, 0.15) is 5.82 Å². The molecule has 1 rings (SSSR count). The largest absolute Gasteiger partial charge is 0.384 e. The quantitative estimate of drug-likeness (QED) is 0.719. The van der Waals surface area contributed by atoms with Crippen LogP contribution < -0.4 is 11.1 Å². The van der Waals surface area contributed by atoms with Gasteiger partial charge in [0, 0.05) is 41.1 Å². The molecule has 1 atom stereocenters. The first kappa shape index (κ1) is 12.6. The zero-order valence-corrected chi connectivity index (χ0v) is 9.92. The minimum atomic E-state index is -0.810. The lowest BCUT2D eigenvalue weighted by molar-refractivity contribution is 0.0953. The molecular weight excluding hydrogens is 226 g/mol. The molecule has 0 saturated heterocycles. The summed E-state index contributed by atoms with van der Waals surface area (Å²) in [4.78, 5) is 15.4. The summed E-state index contributed by atoms with van der Waals surface area (Å²) in [6, 6.07) is 3.12. The van der Waals surface area contributed by atoms with E-state index in [-0.39, 0.29) is 5.91 Å². The van der Waals surface area contributed by atoms with Crippen LogP contribution in [-0.4, -0.2) is 33.7 Å². The van der Waals surface area contributed by atoms with Gasteiger partial charge >= 0.3 is 0 Å². The molecule has 1 amide bonds. The van der Waals surface area contributed by atoms with E-state index in [1.165, 1.54) is 12.3 Å². The van der Waals surface area contributed by atoms with Crippen LogP contribution in [0.5, 0.6) is 0 Å². The van der Waals surface area contributed by atoms with Crippen LogP contribution in [0.25, 0.3) is 0 Å². The second-order valence-electron chi connectivity index (χ2n) is 3.36. The maximum Gasteiger partial charge on any atom is 0.251 e. The average Bonchev–Trinajstić information content (AvgIpc) is 2.24. The van der Waals surface area contributed by atoms with E-state index >= 15 is 0 Å². The van der Waals surface area contributed by atoms with Crippen LogP contribution in [0.1, 0.15) is 16.8 Å². The summed E-state index contributed by atoms with van der Waals surface area (Å²) in [5, 5.41) is 2.72. The first-order valence-electron chi connectivity index (χ1n) is 4.89. The van der Waals surface area contributed by atoms with Crippen molar-refractivity contribution < 1.29 is 9.00 Å². The van der Waals surface area contributed by atoms with Gasteiger partial charge in [-0.25, -0.2) is 4.98 Å². The Hall–Kier alpha value is -1.43. The van der Waals surface area contributed by atoms with Gasteiger partial charge in [0.15, 0.2) is 0 Å². The van der Waals surface area contributed by atoms with Gasteiger partial charge in [0.05, 0.1) is 0 Å². The third-order valence-electron chi connectivity index (χ3n) is 1.94. The smallest absolute Gasteiger partial charge is 0.251 e. The van der Waals surface area contributed by atoms with Gasteiger partial charge in [-0.15, -0.1) is 0 Å².